The summed E-state index contributed by atoms with van der Waals surface area (Å²) < 4.78 is -0.432. The van der Waals surface area contributed by atoms with Gasteiger partial charge in [0.25, 0.3) is 0 Å². The van der Waals surface area contributed by atoms with Crippen molar-refractivity contribution >= 4 is 32.7 Å². The van der Waals surface area contributed by atoms with Gasteiger partial charge < -0.3 is 0 Å². The molecule has 0 bridgehead atoms. The molecule has 0 nitrogen and oxygen atoms in total. The smallest absolute Gasteiger partial charge is 0.0914 e. The van der Waals surface area contributed by atoms with E-state index < -0.39 is 9.52 Å². The van der Waals surface area contributed by atoms with E-state index in [2.05, 4.69) is 26.0 Å². The molecule has 2 atom stereocenters. The molecule has 0 amide bonds. The van der Waals surface area contributed by atoms with E-state index in [0.29, 0.717) is 0 Å². The van der Waals surface area contributed by atoms with Crippen LogP contribution in [0.25, 0.3) is 0 Å². The van der Waals surface area contributed by atoms with Crippen molar-refractivity contribution in [3.63, 3.8) is 0 Å². The Labute approximate surface area is 173 Å². The van der Waals surface area contributed by atoms with Crippen LogP contribution in [0.2, 0.25) is 0 Å². The molecular formula is C20H26Cl2SiTi. The van der Waals surface area contributed by atoms with Gasteiger partial charge in [-0.3, -0.25) is 0 Å². The van der Waals surface area contributed by atoms with Crippen molar-refractivity contribution in [1.82, 2.24) is 0 Å². The summed E-state index contributed by atoms with van der Waals surface area (Å²) >= 11 is 14.7. The number of allylic oxidation sites excluding steroid dienone is 8. The predicted octanol–water partition coefficient (Wildman–Crippen LogP) is 5.68. The monoisotopic (exact) mass is 412 g/mol. The van der Waals surface area contributed by atoms with E-state index in [-0.39, 0.29) is 30.7 Å². The summed E-state index contributed by atoms with van der Waals surface area (Å²) in [7, 11) is -0.776. The number of hydrogen-bond acceptors (Lipinski definition) is 0. The Bertz CT molecular complexity index is 630. The molecule has 0 N–H and O–H groups in total. The molecule has 0 aromatic carbocycles. The first-order valence-corrected chi connectivity index (χ1v) is 11.3. The zero-order valence-electron chi connectivity index (χ0n) is 14.8. The molecule has 4 rings (SSSR count). The third-order valence-electron chi connectivity index (χ3n) is 6.50. The SMILES string of the molecule is CC1=CC2=C(CCCC2)C1(Cl)[SiH2]C1(Cl)C(C)=CC2=C1CCCC2.[Ti]. The van der Waals surface area contributed by atoms with Gasteiger partial charge in [-0.1, -0.05) is 23.3 Å². The standard InChI is InChI=1S/C20H26Cl2Si.Ti/c1-13-11-15-7-3-5-9-17(15)19(13,21)23-20(22)14(2)12-16-8-4-6-10-18(16)20;/h11-12H,3-10,23H2,1-2H3;. The molecule has 0 radical (unpaired) electrons. The van der Waals surface area contributed by atoms with Crippen LogP contribution in [0.3, 0.4) is 0 Å². The number of alkyl halides is 2. The average molecular weight is 413 g/mol. The van der Waals surface area contributed by atoms with Crippen LogP contribution in [0.5, 0.6) is 0 Å². The van der Waals surface area contributed by atoms with Crippen LogP contribution in [0, 0.1) is 0 Å². The second-order valence-electron chi connectivity index (χ2n) is 7.86. The number of halogens is 2. The van der Waals surface area contributed by atoms with E-state index in [1.165, 1.54) is 84.8 Å². The molecule has 2 unspecified atom stereocenters. The van der Waals surface area contributed by atoms with E-state index in [1.807, 2.05) is 0 Å². The normalized spacial score (nSPS) is 35.8. The minimum absolute atomic E-state index is 0. The maximum atomic E-state index is 7.36. The molecule has 4 aliphatic rings. The molecule has 4 aliphatic carbocycles. The summed E-state index contributed by atoms with van der Waals surface area (Å²) in [4.78, 5) is 0. The van der Waals surface area contributed by atoms with Gasteiger partial charge in [-0.05, 0) is 87.5 Å². The Morgan fingerprint density at radius 1 is 0.750 bits per heavy atom. The summed E-state index contributed by atoms with van der Waals surface area (Å²) in [6.07, 6.45) is 14.8. The first-order valence-electron chi connectivity index (χ1n) is 9.15. The fourth-order valence-corrected chi connectivity index (χ4v) is 9.75. The first kappa shape index (κ1) is 19.2. The van der Waals surface area contributed by atoms with Crippen molar-refractivity contribution in [3.8, 4) is 0 Å². The Morgan fingerprint density at radius 2 is 1.12 bits per heavy atom. The zero-order valence-corrected chi connectivity index (χ0v) is 19.3. The third-order valence-corrected chi connectivity index (χ3v) is 11.3. The molecule has 0 spiro atoms. The summed E-state index contributed by atoms with van der Waals surface area (Å²) in [6.45, 7) is 4.48. The maximum absolute atomic E-state index is 7.36. The van der Waals surface area contributed by atoms with Crippen LogP contribution >= 0.6 is 23.2 Å². The Balaban J connectivity index is 0.00000169. The second-order valence-corrected chi connectivity index (χ2v) is 12.5. The fourth-order valence-electron chi connectivity index (χ4n) is 5.14. The van der Waals surface area contributed by atoms with Gasteiger partial charge in [-0.2, -0.15) is 0 Å². The van der Waals surface area contributed by atoms with Crippen molar-refractivity contribution < 1.29 is 21.7 Å². The molecule has 0 saturated heterocycles. The van der Waals surface area contributed by atoms with Gasteiger partial charge in [-0.15, -0.1) is 23.2 Å². The van der Waals surface area contributed by atoms with E-state index in [0.717, 1.165) is 0 Å². The van der Waals surface area contributed by atoms with Crippen LogP contribution in [0.4, 0.5) is 0 Å². The Morgan fingerprint density at radius 3 is 1.54 bits per heavy atom. The van der Waals surface area contributed by atoms with E-state index in [9.17, 15) is 0 Å². The van der Waals surface area contributed by atoms with Gasteiger partial charge in [0.2, 0.25) is 0 Å². The third kappa shape index (κ3) is 2.83. The van der Waals surface area contributed by atoms with E-state index in [1.54, 1.807) is 0 Å². The van der Waals surface area contributed by atoms with Crippen molar-refractivity contribution in [1.29, 1.82) is 0 Å². The van der Waals surface area contributed by atoms with Gasteiger partial charge >= 0.3 is 0 Å². The van der Waals surface area contributed by atoms with Crippen molar-refractivity contribution in [2.24, 2.45) is 0 Å². The minimum atomic E-state index is -0.776. The quantitative estimate of drug-likeness (QED) is 0.404. The van der Waals surface area contributed by atoms with E-state index >= 15 is 0 Å². The average Bonchev–Trinajstić information content (AvgIpc) is 2.93. The van der Waals surface area contributed by atoms with Crippen LogP contribution in [-0.2, 0) is 21.7 Å². The fraction of sp³-hybridized carbons (Fsp3) is 0.600. The van der Waals surface area contributed by atoms with Gasteiger partial charge in [-0.25, -0.2) is 0 Å². The first-order chi connectivity index (χ1) is 10.9. The molecule has 0 aliphatic heterocycles. The van der Waals surface area contributed by atoms with Crippen molar-refractivity contribution in [3.05, 3.63) is 45.6 Å². The number of rotatable bonds is 2. The summed E-state index contributed by atoms with van der Waals surface area (Å²) in [5.41, 5.74) is 8.88. The minimum Gasteiger partial charge on any atom is -0.114 e. The van der Waals surface area contributed by atoms with Crippen molar-refractivity contribution in [2.75, 3.05) is 0 Å². The van der Waals surface area contributed by atoms with Crippen LogP contribution in [-0.4, -0.2) is 18.5 Å². The molecule has 0 fully saturated rings. The Kier molecular flexibility index (Phi) is 5.52. The maximum Gasteiger partial charge on any atom is 0.0914 e. The molecule has 24 heavy (non-hydrogen) atoms. The summed E-state index contributed by atoms with van der Waals surface area (Å²) in [5, 5.41) is 0. The van der Waals surface area contributed by atoms with Crippen LogP contribution in [0.15, 0.2) is 45.6 Å². The number of hydrogen-bond donors (Lipinski definition) is 0. The van der Waals surface area contributed by atoms with Crippen LogP contribution < -0.4 is 0 Å². The molecule has 128 valence electrons. The van der Waals surface area contributed by atoms with Crippen molar-refractivity contribution in [2.45, 2.75) is 74.2 Å². The van der Waals surface area contributed by atoms with E-state index in [4.69, 9.17) is 23.2 Å². The van der Waals surface area contributed by atoms with Gasteiger partial charge in [0, 0.05) is 21.7 Å². The molecule has 0 saturated carbocycles. The van der Waals surface area contributed by atoms with Crippen LogP contribution in [0.1, 0.15) is 65.2 Å². The summed E-state index contributed by atoms with van der Waals surface area (Å²) in [5.74, 6) is 0. The van der Waals surface area contributed by atoms with Gasteiger partial charge in [0.05, 0.1) is 18.5 Å². The molecule has 4 heteroatoms. The van der Waals surface area contributed by atoms with Gasteiger partial charge in [0.1, 0.15) is 0 Å². The topological polar surface area (TPSA) is 0 Å². The molecule has 0 heterocycles. The summed E-state index contributed by atoms with van der Waals surface area (Å²) in [6, 6.07) is 0. The second kappa shape index (κ2) is 6.89. The molecule has 0 aromatic heterocycles. The predicted molar refractivity (Wildman–Crippen MR) is 104 cm³/mol. The molecule has 0 aromatic rings. The Hall–Kier alpha value is 0.471. The largest absolute Gasteiger partial charge is 0.114 e. The molecular weight excluding hydrogens is 387 g/mol. The van der Waals surface area contributed by atoms with Gasteiger partial charge in [0.15, 0.2) is 0 Å². The zero-order chi connectivity index (χ0) is 16.2.